The van der Waals surface area contributed by atoms with E-state index in [9.17, 15) is 0 Å². The van der Waals surface area contributed by atoms with Crippen LogP contribution in [-0.4, -0.2) is 12.6 Å². The Labute approximate surface area is 126 Å². The summed E-state index contributed by atoms with van der Waals surface area (Å²) in [5.74, 6) is 4.16. The van der Waals surface area contributed by atoms with E-state index in [0.29, 0.717) is 5.41 Å². The molecule has 20 heavy (non-hydrogen) atoms. The summed E-state index contributed by atoms with van der Waals surface area (Å²) in [6.07, 6.45) is 13.4. The molecular formula is C19H35N. The molecule has 0 aromatic rings. The van der Waals surface area contributed by atoms with Gasteiger partial charge in [0.05, 0.1) is 0 Å². The number of hydrogen-bond donors (Lipinski definition) is 1. The molecule has 0 spiro atoms. The van der Waals surface area contributed by atoms with Gasteiger partial charge in [0.2, 0.25) is 0 Å². The van der Waals surface area contributed by atoms with E-state index in [0.717, 1.165) is 29.7 Å². The van der Waals surface area contributed by atoms with E-state index in [4.69, 9.17) is 0 Å². The lowest BCUT2D eigenvalue weighted by atomic mass is 9.46. The van der Waals surface area contributed by atoms with Crippen molar-refractivity contribution in [2.24, 2.45) is 29.1 Å². The van der Waals surface area contributed by atoms with E-state index in [1.807, 2.05) is 0 Å². The molecule has 0 amide bonds. The first-order valence-electron chi connectivity index (χ1n) is 9.44. The van der Waals surface area contributed by atoms with Crippen LogP contribution in [0.4, 0.5) is 0 Å². The maximum Gasteiger partial charge on any atom is 0.0152 e. The molecule has 4 fully saturated rings. The molecular weight excluding hydrogens is 242 g/mol. The van der Waals surface area contributed by atoms with Crippen molar-refractivity contribution in [1.82, 2.24) is 5.32 Å². The molecule has 1 N–H and O–H groups in total. The standard InChI is InChI=1S/C19H35N/c1-4-7-20-18(17(5-2)6-3)19-11-14-8-15(12-19)10-16(9-14)13-19/h14-18,20H,4-13H2,1-3H3. The third-order valence-corrected chi connectivity index (χ3v) is 6.88. The Morgan fingerprint density at radius 3 is 1.80 bits per heavy atom. The molecule has 1 heteroatoms. The van der Waals surface area contributed by atoms with Crippen LogP contribution in [0.25, 0.3) is 0 Å². The summed E-state index contributed by atoms with van der Waals surface area (Å²) in [4.78, 5) is 0. The van der Waals surface area contributed by atoms with Gasteiger partial charge in [-0.2, -0.15) is 0 Å². The van der Waals surface area contributed by atoms with Crippen molar-refractivity contribution in [3.8, 4) is 0 Å². The Morgan fingerprint density at radius 2 is 1.40 bits per heavy atom. The Bertz CT molecular complexity index is 282. The summed E-state index contributed by atoms with van der Waals surface area (Å²) in [6.45, 7) is 8.37. The zero-order valence-electron chi connectivity index (χ0n) is 14.0. The largest absolute Gasteiger partial charge is 0.313 e. The molecule has 1 atom stereocenters. The third-order valence-electron chi connectivity index (χ3n) is 6.88. The first-order valence-corrected chi connectivity index (χ1v) is 9.44. The fourth-order valence-corrected chi connectivity index (χ4v) is 6.50. The molecule has 0 aromatic heterocycles. The summed E-state index contributed by atoms with van der Waals surface area (Å²) >= 11 is 0. The maximum atomic E-state index is 4.03. The van der Waals surface area contributed by atoms with E-state index >= 15 is 0 Å². The van der Waals surface area contributed by atoms with Gasteiger partial charge in [0.15, 0.2) is 0 Å². The molecule has 0 radical (unpaired) electrons. The fourth-order valence-electron chi connectivity index (χ4n) is 6.50. The molecule has 1 nitrogen and oxygen atoms in total. The van der Waals surface area contributed by atoms with E-state index in [-0.39, 0.29) is 0 Å². The number of rotatable bonds is 7. The highest BCUT2D eigenvalue weighted by atomic mass is 14.9. The molecule has 4 aliphatic rings. The summed E-state index contributed by atoms with van der Waals surface area (Å²) in [7, 11) is 0. The van der Waals surface area contributed by atoms with Crippen LogP contribution in [0.3, 0.4) is 0 Å². The quantitative estimate of drug-likeness (QED) is 0.690. The van der Waals surface area contributed by atoms with E-state index in [2.05, 4.69) is 26.1 Å². The molecule has 0 saturated heterocycles. The predicted octanol–water partition coefficient (Wildman–Crippen LogP) is 5.01. The van der Waals surface area contributed by atoms with Crippen LogP contribution in [0.15, 0.2) is 0 Å². The second-order valence-corrected chi connectivity index (χ2v) is 8.29. The summed E-state index contributed by atoms with van der Waals surface area (Å²) in [5.41, 5.74) is 0.681. The predicted molar refractivity (Wildman–Crippen MR) is 86.8 cm³/mol. The lowest BCUT2D eigenvalue weighted by Crippen LogP contribution is -2.58. The Hall–Kier alpha value is -0.0400. The Balaban J connectivity index is 1.81. The van der Waals surface area contributed by atoms with Gasteiger partial charge in [0.1, 0.15) is 0 Å². The molecule has 116 valence electrons. The number of hydrogen-bond acceptors (Lipinski definition) is 1. The zero-order chi connectivity index (χ0) is 14.2. The van der Waals surface area contributed by atoms with Gasteiger partial charge in [-0.3, -0.25) is 0 Å². The normalized spacial score (nSPS) is 40.5. The van der Waals surface area contributed by atoms with Crippen LogP contribution >= 0.6 is 0 Å². The highest BCUT2D eigenvalue weighted by molar-refractivity contribution is 5.07. The third kappa shape index (κ3) is 2.56. The summed E-state index contributed by atoms with van der Waals surface area (Å²) < 4.78 is 0. The van der Waals surface area contributed by atoms with E-state index in [1.165, 1.54) is 25.8 Å². The van der Waals surface area contributed by atoms with Gasteiger partial charge in [-0.15, -0.1) is 0 Å². The van der Waals surface area contributed by atoms with E-state index < -0.39 is 0 Å². The van der Waals surface area contributed by atoms with Gasteiger partial charge in [0, 0.05) is 6.04 Å². The zero-order valence-corrected chi connectivity index (χ0v) is 14.0. The van der Waals surface area contributed by atoms with Crippen molar-refractivity contribution in [3.05, 3.63) is 0 Å². The van der Waals surface area contributed by atoms with Crippen LogP contribution in [-0.2, 0) is 0 Å². The second kappa shape index (κ2) is 5.99. The van der Waals surface area contributed by atoms with Crippen molar-refractivity contribution in [1.29, 1.82) is 0 Å². The smallest absolute Gasteiger partial charge is 0.0152 e. The van der Waals surface area contributed by atoms with Crippen LogP contribution < -0.4 is 5.32 Å². The van der Waals surface area contributed by atoms with Gasteiger partial charge in [-0.05, 0) is 80.6 Å². The molecule has 1 unspecified atom stereocenters. The van der Waals surface area contributed by atoms with Crippen molar-refractivity contribution < 1.29 is 0 Å². The molecule has 4 saturated carbocycles. The van der Waals surface area contributed by atoms with Gasteiger partial charge in [-0.25, -0.2) is 0 Å². The number of nitrogens with one attached hydrogen (secondary N) is 1. The molecule has 0 heterocycles. The molecule has 0 aliphatic heterocycles. The van der Waals surface area contributed by atoms with Crippen molar-refractivity contribution in [3.63, 3.8) is 0 Å². The minimum atomic E-state index is 0.681. The Kier molecular flexibility index (Phi) is 4.45. The minimum Gasteiger partial charge on any atom is -0.313 e. The van der Waals surface area contributed by atoms with Gasteiger partial charge >= 0.3 is 0 Å². The highest BCUT2D eigenvalue weighted by Crippen LogP contribution is 2.62. The first kappa shape index (κ1) is 14.9. The first-order chi connectivity index (χ1) is 9.70. The highest BCUT2D eigenvalue weighted by Gasteiger charge is 2.54. The summed E-state index contributed by atoms with van der Waals surface area (Å²) in [6, 6.07) is 0.811. The van der Waals surface area contributed by atoms with Crippen LogP contribution in [0, 0.1) is 29.1 Å². The van der Waals surface area contributed by atoms with Crippen molar-refractivity contribution in [2.75, 3.05) is 6.54 Å². The van der Waals surface area contributed by atoms with Gasteiger partial charge in [-0.1, -0.05) is 33.6 Å². The molecule has 4 rings (SSSR count). The SMILES string of the molecule is CCCNC(C(CC)CC)C12CC3CC(CC(C3)C1)C2. The molecule has 4 bridgehead atoms. The van der Waals surface area contributed by atoms with Crippen molar-refractivity contribution >= 4 is 0 Å². The van der Waals surface area contributed by atoms with Crippen LogP contribution in [0.1, 0.15) is 78.6 Å². The summed E-state index contributed by atoms with van der Waals surface area (Å²) in [5, 5.41) is 4.03. The van der Waals surface area contributed by atoms with E-state index in [1.54, 1.807) is 38.5 Å². The lowest BCUT2D eigenvalue weighted by molar-refractivity contribution is -0.0856. The average Bonchev–Trinajstić information content (AvgIpc) is 2.41. The maximum absolute atomic E-state index is 4.03. The second-order valence-electron chi connectivity index (χ2n) is 8.29. The monoisotopic (exact) mass is 277 g/mol. The topological polar surface area (TPSA) is 12.0 Å². The fraction of sp³-hybridized carbons (Fsp3) is 1.00. The van der Waals surface area contributed by atoms with Gasteiger partial charge in [0.25, 0.3) is 0 Å². The molecule has 4 aliphatic carbocycles. The lowest BCUT2D eigenvalue weighted by Gasteiger charge is -2.61. The van der Waals surface area contributed by atoms with Gasteiger partial charge < -0.3 is 5.32 Å². The van der Waals surface area contributed by atoms with Crippen LogP contribution in [0.2, 0.25) is 0 Å². The minimum absolute atomic E-state index is 0.681. The van der Waals surface area contributed by atoms with Crippen molar-refractivity contribution in [2.45, 2.75) is 84.6 Å². The van der Waals surface area contributed by atoms with Crippen LogP contribution in [0.5, 0.6) is 0 Å². The molecule has 0 aromatic carbocycles. The average molecular weight is 277 g/mol. The Morgan fingerprint density at radius 1 is 0.900 bits per heavy atom.